The minimum atomic E-state index is -4.07. The van der Waals surface area contributed by atoms with Crippen molar-refractivity contribution in [2.75, 3.05) is 12.4 Å². The van der Waals surface area contributed by atoms with Crippen molar-refractivity contribution in [3.63, 3.8) is 0 Å². The van der Waals surface area contributed by atoms with E-state index in [0.717, 1.165) is 0 Å². The van der Waals surface area contributed by atoms with Gasteiger partial charge in [0.25, 0.3) is 0 Å². The fourth-order valence-electron chi connectivity index (χ4n) is 0.918. The van der Waals surface area contributed by atoms with Crippen LogP contribution in [0.3, 0.4) is 0 Å². The number of ether oxygens (including phenoxy) is 1. The number of carbonyl (C=O) groups is 1. The summed E-state index contributed by atoms with van der Waals surface area (Å²) in [5.74, 6) is 0.160. The molecule has 0 fully saturated rings. The Morgan fingerprint density at radius 1 is 1.44 bits per heavy atom. The molecule has 0 amide bonds. The Balaban J connectivity index is 3.44. The molecule has 6 heteroatoms. The summed E-state index contributed by atoms with van der Waals surface area (Å²) < 4.78 is 40.3. The zero-order valence-electron chi connectivity index (χ0n) is 9.47. The maximum Gasteiger partial charge on any atom is 0.389 e. The SMILES string of the molecule is CCC(=O)OCC(C)SCCCC(F)(F)F. The minimum absolute atomic E-state index is 0.0451. The lowest BCUT2D eigenvalue weighted by atomic mass is 10.3. The standard InChI is InChI=1S/C10H17F3O2S/c1-3-9(14)15-7-8(2)16-6-4-5-10(11,12)13/h8H,3-7H2,1-2H3. The van der Waals surface area contributed by atoms with E-state index >= 15 is 0 Å². The molecule has 96 valence electrons. The molecule has 0 N–H and O–H groups in total. The van der Waals surface area contributed by atoms with Gasteiger partial charge in [0.2, 0.25) is 0 Å². The first kappa shape index (κ1) is 15.6. The fraction of sp³-hybridized carbons (Fsp3) is 0.900. The van der Waals surface area contributed by atoms with Crippen molar-refractivity contribution < 1.29 is 22.7 Å². The van der Waals surface area contributed by atoms with Gasteiger partial charge in [-0.15, -0.1) is 0 Å². The quantitative estimate of drug-likeness (QED) is 0.517. The van der Waals surface area contributed by atoms with Gasteiger partial charge in [-0.2, -0.15) is 24.9 Å². The molecule has 0 aliphatic rings. The molecular formula is C10H17F3O2S. The Kier molecular flexibility index (Phi) is 7.62. The maximum atomic E-state index is 11.8. The van der Waals surface area contributed by atoms with Crippen molar-refractivity contribution in [3.05, 3.63) is 0 Å². The van der Waals surface area contributed by atoms with Crippen LogP contribution < -0.4 is 0 Å². The number of halogens is 3. The molecule has 0 bridgehead atoms. The Morgan fingerprint density at radius 2 is 2.06 bits per heavy atom. The molecule has 0 aromatic rings. The van der Waals surface area contributed by atoms with Crippen LogP contribution in [-0.4, -0.2) is 29.8 Å². The van der Waals surface area contributed by atoms with Crippen LogP contribution >= 0.6 is 11.8 Å². The predicted octanol–water partition coefficient (Wildman–Crippen LogP) is 3.40. The molecule has 2 nitrogen and oxygen atoms in total. The van der Waals surface area contributed by atoms with E-state index < -0.39 is 12.6 Å². The lowest BCUT2D eigenvalue weighted by Crippen LogP contribution is -2.13. The lowest BCUT2D eigenvalue weighted by molar-refractivity contribution is -0.143. The maximum absolute atomic E-state index is 11.8. The van der Waals surface area contributed by atoms with Crippen molar-refractivity contribution in [2.24, 2.45) is 0 Å². The molecule has 1 atom stereocenters. The molecule has 0 heterocycles. The molecule has 0 rings (SSSR count). The second-order valence-electron chi connectivity index (χ2n) is 3.44. The molecule has 0 radical (unpaired) electrons. The molecular weight excluding hydrogens is 241 g/mol. The number of rotatable bonds is 7. The van der Waals surface area contributed by atoms with E-state index in [0.29, 0.717) is 12.2 Å². The van der Waals surface area contributed by atoms with Crippen LogP contribution in [0, 0.1) is 0 Å². The van der Waals surface area contributed by atoms with Crippen molar-refractivity contribution in [1.29, 1.82) is 0 Å². The third-order valence-electron chi connectivity index (χ3n) is 1.77. The van der Waals surface area contributed by atoms with Crippen LogP contribution in [0.15, 0.2) is 0 Å². The van der Waals surface area contributed by atoms with Crippen LogP contribution in [0.4, 0.5) is 13.2 Å². The van der Waals surface area contributed by atoms with Gasteiger partial charge in [0.05, 0.1) is 0 Å². The summed E-state index contributed by atoms with van der Waals surface area (Å²) in [7, 11) is 0. The molecule has 0 spiro atoms. The lowest BCUT2D eigenvalue weighted by Gasteiger charge is -2.11. The van der Waals surface area contributed by atoms with Crippen LogP contribution in [0.25, 0.3) is 0 Å². The highest BCUT2D eigenvalue weighted by atomic mass is 32.2. The normalized spacial score (nSPS) is 13.6. The summed E-state index contributed by atoms with van der Waals surface area (Å²) in [4.78, 5) is 10.8. The van der Waals surface area contributed by atoms with Crippen LogP contribution in [0.1, 0.15) is 33.1 Å². The van der Waals surface area contributed by atoms with Crippen LogP contribution in [-0.2, 0) is 9.53 Å². The molecule has 0 aliphatic heterocycles. The Hall–Kier alpha value is -0.390. The first-order valence-corrected chi connectivity index (χ1v) is 6.24. The van der Waals surface area contributed by atoms with Gasteiger partial charge in [-0.05, 0) is 19.1 Å². The van der Waals surface area contributed by atoms with Crippen LogP contribution in [0.2, 0.25) is 0 Å². The average molecular weight is 258 g/mol. The highest BCUT2D eigenvalue weighted by Gasteiger charge is 2.26. The topological polar surface area (TPSA) is 26.3 Å². The zero-order valence-corrected chi connectivity index (χ0v) is 10.3. The zero-order chi connectivity index (χ0) is 12.6. The van der Waals surface area contributed by atoms with E-state index in [1.807, 2.05) is 6.92 Å². The summed E-state index contributed by atoms with van der Waals surface area (Å²) in [6.45, 7) is 3.80. The highest BCUT2D eigenvalue weighted by Crippen LogP contribution is 2.23. The summed E-state index contributed by atoms with van der Waals surface area (Å²) in [6, 6.07) is 0. The second-order valence-corrected chi connectivity index (χ2v) is 4.98. The third kappa shape index (κ3) is 10.1. The second kappa shape index (κ2) is 7.81. The summed E-state index contributed by atoms with van der Waals surface area (Å²) in [5.41, 5.74) is 0. The Labute approximate surface area is 97.9 Å². The van der Waals surface area contributed by atoms with Gasteiger partial charge >= 0.3 is 12.1 Å². The van der Waals surface area contributed by atoms with Gasteiger partial charge in [0, 0.05) is 18.1 Å². The van der Waals surface area contributed by atoms with Crippen molar-refractivity contribution in [3.8, 4) is 0 Å². The van der Waals surface area contributed by atoms with Gasteiger partial charge in [0.15, 0.2) is 0 Å². The first-order valence-electron chi connectivity index (χ1n) is 5.19. The summed E-state index contributed by atoms with van der Waals surface area (Å²) in [5, 5.41) is 0.0451. The Morgan fingerprint density at radius 3 is 2.56 bits per heavy atom. The molecule has 0 aromatic carbocycles. The van der Waals surface area contributed by atoms with Crippen molar-refractivity contribution in [1.82, 2.24) is 0 Å². The fourth-order valence-corrected chi connectivity index (χ4v) is 1.80. The van der Waals surface area contributed by atoms with Gasteiger partial charge in [-0.25, -0.2) is 0 Å². The van der Waals surface area contributed by atoms with Gasteiger partial charge in [-0.3, -0.25) is 4.79 Å². The van der Waals surface area contributed by atoms with Crippen molar-refractivity contribution >= 4 is 17.7 Å². The number of esters is 1. The number of hydrogen-bond acceptors (Lipinski definition) is 3. The largest absolute Gasteiger partial charge is 0.465 e. The molecule has 0 saturated heterocycles. The van der Waals surface area contributed by atoms with Gasteiger partial charge in [0.1, 0.15) is 6.61 Å². The Bertz CT molecular complexity index is 207. The molecule has 0 saturated carbocycles. The average Bonchev–Trinajstić information content (AvgIpc) is 2.19. The minimum Gasteiger partial charge on any atom is -0.465 e. The molecule has 0 aromatic heterocycles. The van der Waals surface area contributed by atoms with Crippen molar-refractivity contribution in [2.45, 2.75) is 44.5 Å². The third-order valence-corrected chi connectivity index (χ3v) is 3.00. The van der Waals surface area contributed by atoms with E-state index in [2.05, 4.69) is 0 Å². The monoisotopic (exact) mass is 258 g/mol. The summed E-state index contributed by atoms with van der Waals surface area (Å²) >= 11 is 1.39. The number of alkyl halides is 3. The van der Waals surface area contributed by atoms with Gasteiger partial charge < -0.3 is 4.74 Å². The van der Waals surface area contributed by atoms with E-state index in [1.54, 1.807) is 6.92 Å². The van der Waals surface area contributed by atoms with E-state index in [-0.39, 0.29) is 24.2 Å². The molecule has 16 heavy (non-hydrogen) atoms. The smallest absolute Gasteiger partial charge is 0.389 e. The summed E-state index contributed by atoms with van der Waals surface area (Å²) in [6.07, 6.45) is -4.38. The number of thioether (sulfide) groups is 1. The van der Waals surface area contributed by atoms with Gasteiger partial charge in [-0.1, -0.05) is 6.92 Å². The van der Waals surface area contributed by atoms with E-state index in [9.17, 15) is 18.0 Å². The number of hydrogen-bond donors (Lipinski definition) is 0. The van der Waals surface area contributed by atoms with E-state index in [4.69, 9.17) is 4.74 Å². The predicted molar refractivity (Wildman–Crippen MR) is 58.5 cm³/mol. The van der Waals surface area contributed by atoms with Crippen LogP contribution in [0.5, 0.6) is 0 Å². The highest BCUT2D eigenvalue weighted by molar-refractivity contribution is 7.99. The number of carbonyl (C=O) groups excluding carboxylic acids is 1. The molecule has 1 unspecified atom stereocenters. The molecule has 0 aliphatic carbocycles. The first-order chi connectivity index (χ1) is 7.35. The van der Waals surface area contributed by atoms with E-state index in [1.165, 1.54) is 11.8 Å².